The van der Waals surface area contributed by atoms with Crippen LogP contribution in [0.15, 0.2) is 18.6 Å². The number of likely N-dealkylation sites (tertiary alicyclic amines) is 1. The van der Waals surface area contributed by atoms with Crippen molar-refractivity contribution < 1.29 is 14.3 Å². The Balaban J connectivity index is 1.69. The Kier molecular flexibility index (Phi) is 7.33. The smallest absolute Gasteiger partial charge is 0.271 e. The lowest BCUT2D eigenvalue weighted by molar-refractivity contribution is -0.126. The molecule has 2 amide bonds. The summed E-state index contributed by atoms with van der Waals surface area (Å²) in [7, 11) is 0. The molecule has 8 nitrogen and oxygen atoms in total. The van der Waals surface area contributed by atoms with Crippen LogP contribution >= 0.6 is 0 Å². The minimum absolute atomic E-state index is 0.0193. The van der Waals surface area contributed by atoms with E-state index in [2.05, 4.69) is 25.5 Å². The summed E-state index contributed by atoms with van der Waals surface area (Å²) in [5.74, 6) is -0.174. The van der Waals surface area contributed by atoms with Gasteiger partial charge in [0.25, 0.3) is 5.91 Å². The van der Waals surface area contributed by atoms with Crippen LogP contribution in [0.4, 0.5) is 0 Å². The molecule has 0 spiro atoms. The molecule has 2 aliphatic heterocycles. The first-order valence-electron chi connectivity index (χ1n) is 10.2. The first-order chi connectivity index (χ1) is 13.5. The monoisotopic (exact) mass is 389 g/mol. The predicted molar refractivity (Wildman–Crippen MR) is 105 cm³/mol. The third kappa shape index (κ3) is 5.72. The highest BCUT2D eigenvalue weighted by Crippen LogP contribution is 2.23. The van der Waals surface area contributed by atoms with Gasteiger partial charge in [-0.3, -0.25) is 19.5 Å². The second-order valence-electron chi connectivity index (χ2n) is 8.00. The number of hydrogen-bond acceptors (Lipinski definition) is 6. The molecule has 0 radical (unpaired) electrons. The van der Waals surface area contributed by atoms with E-state index in [1.807, 2.05) is 13.8 Å². The van der Waals surface area contributed by atoms with E-state index in [0.29, 0.717) is 11.7 Å². The van der Waals surface area contributed by atoms with E-state index in [1.54, 1.807) is 6.20 Å². The molecule has 3 heterocycles. The zero-order valence-electron chi connectivity index (χ0n) is 16.8. The van der Waals surface area contributed by atoms with Crippen LogP contribution in [0, 0.1) is 5.92 Å². The topological polar surface area (TPSA) is 96.5 Å². The molecule has 0 saturated carbocycles. The molecule has 2 atom stereocenters. The van der Waals surface area contributed by atoms with Crippen molar-refractivity contribution in [2.45, 2.75) is 57.7 Å². The van der Waals surface area contributed by atoms with Crippen LogP contribution in [0.3, 0.4) is 0 Å². The Bertz CT molecular complexity index is 649. The molecular formula is C20H31N5O3. The highest BCUT2D eigenvalue weighted by atomic mass is 16.5. The van der Waals surface area contributed by atoms with E-state index in [4.69, 9.17) is 4.74 Å². The van der Waals surface area contributed by atoms with Crippen LogP contribution in [-0.4, -0.2) is 71.1 Å². The Morgan fingerprint density at radius 1 is 1.14 bits per heavy atom. The Labute approximate surface area is 166 Å². The Morgan fingerprint density at radius 2 is 1.93 bits per heavy atom. The molecule has 0 bridgehead atoms. The summed E-state index contributed by atoms with van der Waals surface area (Å²) in [6, 6.07) is 0.491. The summed E-state index contributed by atoms with van der Waals surface area (Å²) in [5, 5.41) is 6.15. The van der Waals surface area contributed by atoms with E-state index in [-0.39, 0.29) is 29.8 Å². The number of rotatable bonds is 5. The zero-order chi connectivity index (χ0) is 19.9. The molecule has 2 N–H and O–H groups in total. The van der Waals surface area contributed by atoms with E-state index in [0.717, 1.165) is 52.0 Å². The van der Waals surface area contributed by atoms with Gasteiger partial charge in [-0.05, 0) is 39.5 Å². The number of ether oxygens (including phenoxy) is 1. The van der Waals surface area contributed by atoms with Crippen molar-refractivity contribution in [3.05, 3.63) is 24.3 Å². The number of carbonyl (C=O) groups excluding carboxylic acids is 2. The van der Waals surface area contributed by atoms with Gasteiger partial charge < -0.3 is 15.4 Å². The molecule has 8 heteroatoms. The van der Waals surface area contributed by atoms with Gasteiger partial charge in [0.05, 0.1) is 12.1 Å². The van der Waals surface area contributed by atoms with E-state index in [9.17, 15) is 9.59 Å². The SMILES string of the molecule is CC(C)NC(=O)[C@@H]1CC[C@H](NC(=O)c2cnccn2)CN(C2CCOCC2)C1. The number of amides is 2. The van der Waals surface area contributed by atoms with Crippen LogP contribution in [0.1, 0.15) is 50.0 Å². The lowest BCUT2D eigenvalue weighted by atomic mass is 10.00. The van der Waals surface area contributed by atoms with Crippen molar-refractivity contribution in [2.24, 2.45) is 5.92 Å². The molecule has 2 saturated heterocycles. The average molecular weight is 390 g/mol. The number of hydrogen-bond donors (Lipinski definition) is 2. The van der Waals surface area contributed by atoms with Gasteiger partial charge in [0.1, 0.15) is 5.69 Å². The molecule has 1 aromatic heterocycles. The van der Waals surface area contributed by atoms with Crippen LogP contribution in [0.5, 0.6) is 0 Å². The van der Waals surface area contributed by atoms with Gasteiger partial charge >= 0.3 is 0 Å². The van der Waals surface area contributed by atoms with Crippen LogP contribution < -0.4 is 10.6 Å². The van der Waals surface area contributed by atoms with Gasteiger partial charge in [0.15, 0.2) is 0 Å². The van der Waals surface area contributed by atoms with Crippen molar-refractivity contribution >= 4 is 11.8 Å². The lowest BCUT2D eigenvalue weighted by Crippen LogP contribution is -2.49. The molecule has 2 fully saturated rings. The van der Waals surface area contributed by atoms with Crippen LogP contribution in [-0.2, 0) is 9.53 Å². The fraction of sp³-hybridized carbons (Fsp3) is 0.700. The maximum atomic E-state index is 12.7. The minimum Gasteiger partial charge on any atom is -0.381 e. The largest absolute Gasteiger partial charge is 0.381 e. The summed E-state index contributed by atoms with van der Waals surface area (Å²) in [4.78, 5) is 35.6. The summed E-state index contributed by atoms with van der Waals surface area (Å²) in [6.45, 7) is 6.92. The van der Waals surface area contributed by atoms with E-state index in [1.165, 1.54) is 12.4 Å². The summed E-state index contributed by atoms with van der Waals surface area (Å²) >= 11 is 0. The molecule has 1 aromatic rings. The highest BCUT2D eigenvalue weighted by molar-refractivity contribution is 5.92. The quantitative estimate of drug-likeness (QED) is 0.780. The van der Waals surface area contributed by atoms with Gasteiger partial charge in [-0.2, -0.15) is 0 Å². The van der Waals surface area contributed by atoms with Gasteiger partial charge in [-0.25, -0.2) is 4.98 Å². The number of aromatic nitrogens is 2. The van der Waals surface area contributed by atoms with Gasteiger partial charge in [0, 0.05) is 56.8 Å². The summed E-state index contributed by atoms with van der Waals surface area (Å²) in [6.07, 6.45) is 7.98. The molecule has 154 valence electrons. The zero-order valence-corrected chi connectivity index (χ0v) is 16.8. The van der Waals surface area contributed by atoms with Crippen molar-refractivity contribution in [3.63, 3.8) is 0 Å². The standard InChI is InChI=1S/C20H31N5O3/c1-14(2)23-19(26)15-3-4-16(24-20(27)18-11-21-7-8-22-18)13-25(12-15)17-5-9-28-10-6-17/h7-8,11,14-17H,3-6,9-10,12-13H2,1-2H3,(H,23,26)(H,24,27)/t15-,16+/m1/s1. The molecule has 0 aliphatic carbocycles. The van der Waals surface area contributed by atoms with Crippen LogP contribution in [0.25, 0.3) is 0 Å². The predicted octanol–water partition coefficient (Wildman–Crippen LogP) is 0.991. The number of nitrogens with one attached hydrogen (secondary N) is 2. The molecule has 0 unspecified atom stereocenters. The van der Waals surface area contributed by atoms with Gasteiger partial charge in [-0.15, -0.1) is 0 Å². The fourth-order valence-electron chi connectivity index (χ4n) is 3.98. The second-order valence-corrected chi connectivity index (χ2v) is 8.00. The van der Waals surface area contributed by atoms with E-state index < -0.39 is 0 Å². The average Bonchev–Trinajstić information content (AvgIpc) is 2.92. The van der Waals surface area contributed by atoms with Crippen molar-refractivity contribution in [2.75, 3.05) is 26.3 Å². The number of carbonyl (C=O) groups is 2. The van der Waals surface area contributed by atoms with Gasteiger partial charge in [-0.1, -0.05) is 0 Å². The van der Waals surface area contributed by atoms with Crippen molar-refractivity contribution in [1.82, 2.24) is 25.5 Å². The normalized spacial score (nSPS) is 24.5. The van der Waals surface area contributed by atoms with Crippen LogP contribution in [0.2, 0.25) is 0 Å². The molecule has 0 aromatic carbocycles. The molecule has 2 aliphatic rings. The molecule has 28 heavy (non-hydrogen) atoms. The third-order valence-electron chi connectivity index (χ3n) is 5.41. The lowest BCUT2D eigenvalue weighted by Gasteiger charge is -2.36. The first kappa shape index (κ1) is 20.7. The fourth-order valence-corrected chi connectivity index (χ4v) is 3.98. The maximum Gasteiger partial charge on any atom is 0.271 e. The second kappa shape index (κ2) is 9.93. The van der Waals surface area contributed by atoms with Crippen molar-refractivity contribution in [1.29, 1.82) is 0 Å². The van der Waals surface area contributed by atoms with E-state index >= 15 is 0 Å². The third-order valence-corrected chi connectivity index (χ3v) is 5.41. The Hall–Kier alpha value is -2.06. The number of nitrogens with zero attached hydrogens (tertiary/aromatic N) is 3. The summed E-state index contributed by atoms with van der Waals surface area (Å²) in [5.41, 5.74) is 0.318. The minimum atomic E-state index is -0.213. The molecular weight excluding hydrogens is 358 g/mol. The van der Waals surface area contributed by atoms with Crippen molar-refractivity contribution in [3.8, 4) is 0 Å². The first-order valence-corrected chi connectivity index (χ1v) is 10.2. The Morgan fingerprint density at radius 3 is 2.61 bits per heavy atom. The highest BCUT2D eigenvalue weighted by Gasteiger charge is 2.33. The van der Waals surface area contributed by atoms with Gasteiger partial charge in [0.2, 0.25) is 5.91 Å². The summed E-state index contributed by atoms with van der Waals surface area (Å²) < 4.78 is 5.51. The maximum absolute atomic E-state index is 12.7. The molecule has 3 rings (SSSR count).